The molecule has 0 saturated carbocycles. The van der Waals surface area contributed by atoms with Gasteiger partial charge in [0.05, 0.1) is 6.54 Å². The maximum atomic E-state index is 11.9. The van der Waals surface area contributed by atoms with E-state index in [1.807, 2.05) is 0 Å². The van der Waals surface area contributed by atoms with Gasteiger partial charge in [-0.25, -0.2) is 19.9 Å². The van der Waals surface area contributed by atoms with Gasteiger partial charge in [0.15, 0.2) is 5.78 Å². The van der Waals surface area contributed by atoms with E-state index in [9.17, 15) is 19.6 Å². The number of rotatable bonds is 1. The van der Waals surface area contributed by atoms with Crippen LogP contribution in [-0.4, -0.2) is 57.1 Å². The smallest absolute Gasteiger partial charge is 0.298 e. The Morgan fingerprint density at radius 1 is 1.35 bits per heavy atom. The topological polar surface area (TPSA) is 81.2 Å². The van der Waals surface area contributed by atoms with E-state index in [-0.39, 0.29) is 24.7 Å². The minimum Gasteiger partial charge on any atom is -0.298 e. The van der Waals surface area contributed by atoms with E-state index in [0.29, 0.717) is 24.4 Å². The molecule has 7 heteroatoms. The highest BCUT2D eigenvalue weighted by Gasteiger charge is 2.41. The van der Waals surface area contributed by atoms with Gasteiger partial charge in [0.25, 0.3) is 0 Å². The highest BCUT2D eigenvalue weighted by atomic mass is 16.5. The Morgan fingerprint density at radius 3 is 2.71 bits per heavy atom. The lowest BCUT2D eigenvalue weighted by Gasteiger charge is -2.41. The Bertz CT molecular complexity index is 371. The van der Waals surface area contributed by atoms with E-state index in [0.717, 1.165) is 5.01 Å². The first-order valence-electron chi connectivity index (χ1n) is 5.62. The lowest BCUT2D eigenvalue weighted by atomic mass is 10.0. The number of fused-ring (bicyclic) bond motifs is 1. The largest absolute Gasteiger partial charge is 0.363 e. The Kier molecular flexibility index (Phi) is 3.01. The third-order valence-electron chi connectivity index (χ3n) is 3.11. The number of amides is 3. The first-order valence-corrected chi connectivity index (χ1v) is 5.62. The van der Waals surface area contributed by atoms with Crippen LogP contribution >= 0.6 is 0 Å². The van der Waals surface area contributed by atoms with Gasteiger partial charge in [0.2, 0.25) is 5.91 Å². The van der Waals surface area contributed by atoms with Crippen molar-refractivity contribution in [2.75, 3.05) is 13.1 Å². The molecule has 2 aliphatic heterocycles. The lowest BCUT2D eigenvalue weighted by Crippen LogP contribution is -2.60. The van der Waals surface area contributed by atoms with Crippen LogP contribution in [0.5, 0.6) is 0 Å². The number of hydroxylamine groups is 2. The minimum absolute atomic E-state index is 0.0324. The zero-order valence-electron chi connectivity index (χ0n) is 9.63. The molecule has 2 fully saturated rings. The molecule has 1 atom stereocenters. The van der Waals surface area contributed by atoms with Crippen LogP contribution < -0.4 is 0 Å². The van der Waals surface area contributed by atoms with Crippen molar-refractivity contribution >= 4 is 17.7 Å². The average molecular weight is 241 g/mol. The number of ketones is 1. The molecule has 3 amide bonds. The fourth-order valence-electron chi connectivity index (χ4n) is 2.23. The first-order chi connectivity index (χ1) is 8.02. The van der Waals surface area contributed by atoms with Gasteiger partial charge in [-0.1, -0.05) is 0 Å². The van der Waals surface area contributed by atoms with Crippen molar-refractivity contribution in [3.05, 3.63) is 0 Å². The summed E-state index contributed by atoms with van der Waals surface area (Å²) in [5.41, 5.74) is 0. The number of carbonyl (C=O) groups excluding carboxylic acids is 3. The van der Waals surface area contributed by atoms with Crippen molar-refractivity contribution in [3.63, 3.8) is 0 Å². The Hall–Kier alpha value is -1.63. The van der Waals surface area contributed by atoms with Gasteiger partial charge in [-0.15, -0.1) is 0 Å². The summed E-state index contributed by atoms with van der Waals surface area (Å²) in [6, 6.07) is -1.34. The van der Waals surface area contributed by atoms with Crippen LogP contribution in [0.1, 0.15) is 26.2 Å². The number of hydrogen-bond donors (Lipinski definition) is 1. The van der Waals surface area contributed by atoms with Crippen LogP contribution in [0.15, 0.2) is 0 Å². The van der Waals surface area contributed by atoms with Gasteiger partial charge < -0.3 is 0 Å². The van der Waals surface area contributed by atoms with Crippen molar-refractivity contribution in [3.8, 4) is 0 Å². The van der Waals surface area contributed by atoms with E-state index >= 15 is 0 Å². The van der Waals surface area contributed by atoms with Crippen LogP contribution in [0.2, 0.25) is 0 Å². The molecule has 94 valence electrons. The molecule has 7 nitrogen and oxygen atoms in total. The molecule has 0 spiro atoms. The molecule has 0 radical (unpaired) electrons. The zero-order valence-corrected chi connectivity index (χ0v) is 9.63. The molecule has 0 aromatic rings. The monoisotopic (exact) mass is 241 g/mol. The third kappa shape index (κ3) is 1.97. The number of Topliss-reactive ketones (excluding diaryl/α,β-unsaturated/α-hetero) is 1. The number of urea groups is 1. The Morgan fingerprint density at radius 2 is 2.06 bits per heavy atom. The van der Waals surface area contributed by atoms with Crippen LogP contribution in [0, 0.1) is 0 Å². The van der Waals surface area contributed by atoms with Crippen molar-refractivity contribution in [1.29, 1.82) is 0 Å². The normalized spacial score (nSPS) is 25.8. The van der Waals surface area contributed by atoms with E-state index in [1.165, 1.54) is 11.9 Å². The van der Waals surface area contributed by atoms with Gasteiger partial charge in [-0.2, -0.15) is 0 Å². The average Bonchev–Trinajstić information content (AvgIpc) is 2.42. The highest BCUT2D eigenvalue weighted by Crippen LogP contribution is 2.23. The summed E-state index contributed by atoms with van der Waals surface area (Å²) >= 11 is 0. The molecule has 1 N–H and O–H groups in total. The first kappa shape index (κ1) is 11.8. The molecule has 2 saturated heterocycles. The Balaban J connectivity index is 2.34. The summed E-state index contributed by atoms with van der Waals surface area (Å²) in [5, 5.41) is 12.3. The maximum Gasteiger partial charge on any atom is 0.363 e. The van der Waals surface area contributed by atoms with Gasteiger partial charge in [-0.05, 0) is 19.8 Å². The van der Waals surface area contributed by atoms with Crippen molar-refractivity contribution < 1.29 is 19.6 Å². The molecule has 0 aromatic heterocycles. The molecule has 0 aliphatic carbocycles. The second kappa shape index (κ2) is 4.33. The molecule has 2 heterocycles. The summed E-state index contributed by atoms with van der Waals surface area (Å²) in [4.78, 5) is 35.2. The van der Waals surface area contributed by atoms with Crippen LogP contribution in [-0.2, 0) is 9.59 Å². The minimum atomic E-state index is -0.698. The molecule has 2 aliphatic rings. The second-order valence-corrected chi connectivity index (χ2v) is 4.29. The third-order valence-corrected chi connectivity index (χ3v) is 3.11. The summed E-state index contributed by atoms with van der Waals surface area (Å²) in [5.74, 6) is -0.410. The Labute approximate surface area is 98.5 Å². The van der Waals surface area contributed by atoms with E-state index in [1.54, 1.807) is 0 Å². The van der Waals surface area contributed by atoms with E-state index in [2.05, 4.69) is 0 Å². The van der Waals surface area contributed by atoms with Gasteiger partial charge >= 0.3 is 6.03 Å². The molecule has 17 heavy (non-hydrogen) atoms. The second-order valence-electron chi connectivity index (χ2n) is 4.29. The molecular weight excluding hydrogens is 226 g/mol. The molecule has 2 rings (SSSR count). The highest BCUT2D eigenvalue weighted by molar-refractivity contribution is 5.90. The summed E-state index contributed by atoms with van der Waals surface area (Å²) in [7, 11) is 0. The zero-order chi connectivity index (χ0) is 12.6. The quantitative estimate of drug-likeness (QED) is 0.655. The standard InChI is InChI=1S/C10H15N3O4/c1-7(14)8-3-2-5-11-9(15)4-6-12(17)10(16)13(8)11/h8,17H,2-6H2,1H3. The fraction of sp³-hybridized carbons (Fsp3) is 0.700. The van der Waals surface area contributed by atoms with E-state index < -0.39 is 12.1 Å². The SMILES string of the molecule is CC(=O)C1CCCN2C(=O)CCN(O)C(=O)N12. The summed E-state index contributed by atoms with van der Waals surface area (Å²) < 4.78 is 0. The van der Waals surface area contributed by atoms with Crippen molar-refractivity contribution in [2.45, 2.75) is 32.2 Å². The van der Waals surface area contributed by atoms with Crippen LogP contribution in [0.3, 0.4) is 0 Å². The number of carbonyl (C=O) groups is 3. The maximum absolute atomic E-state index is 11.9. The molecule has 1 unspecified atom stereocenters. The van der Waals surface area contributed by atoms with E-state index in [4.69, 9.17) is 0 Å². The van der Waals surface area contributed by atoms with Gasteiger partial charge in [0, 0.05) is 13.0 Å². The molecular formula is C10H15N3O4. The lowest BCUT2D eigenvalue weighted by molar-refractivity contribution is -0.155. The van der Waals surface area contributed by atoms with Gasteiger partial charge in [0.1, 0.15) is 6.04 Å². The molecule has 0 aromatic carbocycles. The predicted molar refractivity (Wildman–Crippen MR) is 55.8 cm³/mol. The van der Waals surface area contributed by atoms with Crippen LogP contribution in [0.4, 0.5) is 4.79 Å². The van der Waals surface area contributed by atoms with Gasteiger partial charge in [-0.3, -0.25) is 14.8 Å². The number of hydrogen-bond acceptors (Lipinski definition) is 4. The summed E-state index contributed by atoms with van der Waals surface area (Å²) in [6.07, 6.45) is 1.28. The summed E-state index contributed by atoms with van der Waals surface area (Å²) in [6.45, 7) is 1.77. The van der Waals surface area contributed by atoms with Crippen LogP contribution in [0.25, 0.3) is 0 Å². The predicted octanol–water partition coefficient (Wildman–Crippen LogP) is -0.00170. The number of nitrogens with zero attached hydrogens (tertiary/aromatic N) is 3. The van der Waals surface area contributed by atoms with Crippen molar-refractivity contribution in [2.24, 2.45) is 0 Å². The molecule has 0 bridgehead atoms. The fourth-order valence-corrected chi connectivity index (χ4v) is 2.23. The van der Waals surface area contributed by atoms with Crippen molar-refractivity contribution in [1.82, 2.24) is 15.1 Å². The number of hydrazine groups is 1.